The van der Waals surface area contributed by atoms with Crippen LogP contribution in [0.15, 0.2) is 40.0 Å². The summed E-state index contributed by atoms with van der Waals surface area (Å²) in [6.07, 6.45) is 10.9. The first-order valence-corrected chi connectivity index (χ1v) is 16.6. The van der Waals surface area contributed by atoms with Gasteiger partial charge in [0.25, 0.3) is 5.91 Å². The van der Waals surface area contributed by atoms with E-state index in [0.29, 0.717) is 48.8 Å². The minimum atomic E-state index is -0.455. The Morgan fingerprint density at radius 1 is 1.16 bits per heavy atom. The number of aryl methyl sites for hydroxylation is 1. The van der Waals surface area contributed by atoms with Gasteiger partial charge in [0, 0.05) is 68.9 Å². The highest BCUT2D eigenvalue weighted by Crippen LogP contribution is 2.38. The molecule has 0 bridgehead atoms. The molecular weight excluding hydrogens is 570 g/mol. The van der Waals surface area contributed by atoms with Crippen molar-refractivity contribution in [1.29, 1.82) is 0 Å². The normalized spacial score (nSPS) is 18.5. The maximum atomic E-state index is 13.6. The van der Waals surface area contributed by atoms with E-state index in [1.807, 2.05) is 38.1 Å². The van der Waals surface area contributed by atoms with Crippen LogP contribution < -0.4 is 10.1 Å². The van der Waals surface area contributed by atoms with Crippen LogP contribution in [0.3, 0.4) is 0 Å². The van der Waals surface area contributed by atoms with E-state index in [1.165, 1.54) is 19.4 Å². The van der Waals surface area contributed by atoms with E-state index in [9.17, 15) is 9.59 Å². The zero-order chi connectivity index (χ0) is 31.4. The van der Waals surface area contributed by atoms with E-state index in [0.717, 1.165) is 73.3 Å². The average molecular weight is 616 g/mol. The van der Waals surface area contributed by atoms with Crippen molar-refractivity contribution in [2.75, 3.05) is 26.7 Å². The van der Waals surface area contributed by atoms with Crippen LogP contribution >= 0.6 is 0 Å². The Bertz CT molecular complexity index is 1550. The van der Waals surface area contributed by atoms with Gasteiger partial charge in [0.15, 0.2) is 5.76 Å². The second-order valence-corrected chi connectivity index (χ2v) is 13.0. The number of oxime groups is 1. The van der Waals surface area contributed by atoms with Gasteiger partial charge in [0.1, 0.15) is 28.9 Å². The topological polar surface area (TPSA) is 119 Å². The first-order valence-electron chi connectivity index (χ1n) is 16.6. The number of carbonyl (C=O) groups is 2. The summed E-state index contributed by atoms with van der Waals surface area (Å²) >= 11 is 0. The second-order valence-electron chi connectivity index (χ2n) is 13.0. The quantitative estimate of drug-likeness (QED) is 0.210. The van der Waals surface area contributed by atoms with E-state index in [4.69, 9.17) is 14.0 Å². The summed E-state index contributed by atoms with van der Waals surface area (Å²) in [5.74, 6) is 2.51. The van der Waals surface area contributed by atoms with Crippen molar-refractivity contribution in [3.63, 3.8) is 0 Å². The van der Waals surface area contributed by atoms with Gasteiger partial charge in [0.2, 0.25) is 5.89 Å². The summed E-state index contributed by atoms with van der Waals surface area (Å²) in [4.78, 5) is 43.1. The number of carbonyl (C=O) groups excluding carboxylic acids is 2. The van der Waals surface area contributed by atoms with Gasteiger partial charge in [-0.2, -0.15) is 0 Å². The molecule has 1 N–H and O–H groups in total. The predicted molar refractivity (Wildman–Crippen MR) is 172 cm³/mol. The third-order valence-corrected chi connectivity index (χ3v) is 9.47. The lowest BCUT2D eigenvalue weighted by molar-refractivity contribution is -0.119. The molecule has 1 amide bonds. The molecule has 45 heavy (non-hydrogen) atoms. The molecule has 0 unspecified atom stereocenters. The molecule has 240 valence electrons. The van der Waals surface area contributed by atoms with Gasteiger partial charge in [-0.3, -0.25) is 14.6 Å². The van der Waals surface area contributed by atoms with Crippen LogP contribution in [0.25, 0.3) is 22.2 Å². The number of likely N-dealkylation sites (tertiary alicyclic amines) is 1. The Kier molecular flexibility index (Phi) is 9.49. The first kappa shape index (κ1) is 31.2. The fourth-order valence-corrected chi connectivity index (χ4v) is 6.43. The number of benzene rings is 1. The zero-order valence-corrected chi connectivity index (χ0v) is 26.8. The maximum Gasteiger partial charge on any atom is 0.269 e. The Balaban J connectivity index is 1.15. The van der Waals surface area contributed by atoms with Gasteiger partial charge < -0.3 is 24.2 Å². The Morgan fingerprint density at radius 3 is 2.73 bits per heavy atom. The van der Waals surface area contributed by atoms with Gasteiger partial charge in [0.05, 0.1) is 24.4 Å². The van der Waals surface area contributed by atoms with Gasteiger partial charge >= 0.3 is 0 Å². The third-order valence-electron chi connectivity index (χ3n) is 9.47. The molecule has 6 rings (SSSR count). The number of nitrogens with one attached hydrogen (secondary N) is 1. The monoisotopic (exact) mass is 615 g/mol. The molecule has 1 saturated heterocycles. The highest BCUT2D eigenvalue weighted by Gasteiger charge is 2.44. The number of methoxy groups -OCH3 is 1. The van der Waals surface area contributed by atoms with Gasteiger partial charge in [-0.05, 0) is 50.7 Å². The fraction of sp³-hybridized carbons (Fsp3) is 0.571. The fourth-order valence-electron chi connectivity index (χ4n) is 6.43. The number of amides is 1. The summed E-state index contributed by atoms with van der Waals surface area (Å²) in [7, 11) is 1.62. The minimum Gasteiger partial charge on any atom is -0.496 e. The van der Waals surface area contributed by atoms with Crippen LogP contribution in [-0.4, -0.2) is 64.6 Å². The molecule has 1 aromatic carbocycles. The molecule has 3 aliphatic rings. The molecule has 1 atom stereocenters. The third kappa shape index (κ3) is 7.54. The number of nitrogens with zero attached hydrogens (tertiary/aromatic N) is 4. The Morgan fingerprint density at radius 2 is 1.98 bits per heavy atom. The number of unbranched alkanes of at least 4 members (excludes halogenated alkanes) is 2. The molecule has 2 fully saturated rings. The number of fused-ring (bicyclic) bond motifs is 1. The van der Waals surface area contributed by atoms with Crippen molar-refractivity contribution in [2.24, 2.45) is 11.1 Å². The van der Waals surface area contributed by atoms with E-state index in [-0.39, 0.29) is 17.3 Å². The van der Waals surface area contributed by atoms with Crippen molar-refractivity contribution in [3.8, 4) is 17.1 Å². The van der Waals surface area contributed by atoms with Crippen LogP contribution in [0.5, 0.6) is 5.75 Å². The van der Waals surface area contributed by atoms with Crippen LogP contribution in [0, 0.1) is 12.8 Å². The number of pyridine rings is 1. The molecule has 4 heterocycles. The summed E-state index contributed by atoms with van der Waals surface area (Å²) in [5, 5.41) is 8.40. The number of piperidine rings is 1. The molecule has 10 nitrogen and oxygen atoms in total. The van der Waals surface area contributed by atoms with Crippen molar-refractivity contribution >= 4 is 28.3 Å². The van der Waals surface area contributed by atoms with Crippen molar-refractivity contribution in [2.45, 2.75) is 96.1 Å². The highest BCUT2D eigenvalue weighted by atomic mass is 16.7. The summed E-state index contributed by atoms with van der Waals surface area (Å²) in [6.45, 7) is 7.00. The molecule has 0 radical (unpaired) electrons. The number of aromatic nitrogens is 2. The van der Waals surface area contributed by atoms with Crippen molar-refractivity contribution in [3.05, 3.63) is 42.0 Å². The van der Waals surface area contributed by atoms with Crippen LogP contribution in [-0.2, 0) is 14.4 Å². The maximum absolute atomic E-state index is 13.6. The lowest BCUT2D eigenvalue weighted by atomic mass is 9.86. The number of hydrogen-bond donors (Lipinski definition) is 1. The highest BCUT2D eigenvalue weighted by molar-refractivity contribution is 6.39. The molecule has 1 aliphatic carbocycles. The number of Topliss-reactive ketones (excluding diaryl/α,β-unsaturated/α-hetero) is 1. The molecule has 2 aliphatic heterocycles. The summed E-state index contributed by atoms with van der Waals surface area (Å²) in [6, 6.07) is 7.44. The molecule has 3 aromatic rings. The van der Waals surface area contributed by atoms with Crippen LogP contribution in [0.2, 0.25) is 0 Å². The van der Waals surface area contributed by atoms with E-state index < -0.39 is 6.04 Å². The van der Waals surface area contributed by atoms with Crippen LogP contribution in [0.1, 0.15) is 95.2 Å². The Labute approximate surface area is 264 Å². The standard InChI is InChI=1S/C35H45N5O5/c1-4-26(41)8-6-5-7-9-28(38-33(42)30-20-35(45-39-30)14-16-40(17-15-35)22-24-11-12-24)34-36-21-32(44-34)27-18-25-13-10-23(2)37-29(25)19-31(27)43-3/h10,13,18-19,21,24,28H,4-9,11-12,14-17,20,22H2,1-3H3,(H,38,42)/t28-/m0/s1. The van der Waals surface area contributed by atoms with Crippen molar-refractivity contribution in [1.82, 2.24) is 20.2 Å². The van der Waals surface area contributed by atoms with Gasteiger partial charge in [-0.1, -0.05) is 31.0 Å². The number of oxazole rings is 1. The van der Waals surface area contributed by atoms with Crippen LogP contribution in [0.4, 0.5) is 0 Å². The number of hydrogen-bond acceptors (Lipinski definition) is 9. The van der Waals surface area contributed by atoms with E-state index in [2.05, 4.69) is 25.3 Å². The smallest absolute Gasteiger partial charge is 0.269 e. The first-order chi connectivity index (χ1) is 21.8. The number of rotatable bonds is 14. The molecular formula is C35H45N5O5. The van der Waals surface area contributed by atoms with Crippen molar-refractivity contribution < 1.29 is 23.6 Å². The van der Waals surface area contributed by atoms with E-state index >= 15 is 0 Å². The van der Waals surface area contributed by atoms with E-state index in [1.54, 1.807) is 13.3 Å². The molecule has 10 heteroatoms. The largest absolute Gasteiger partial charge is 0.496 e. The second kappa shape index (κ2) is 13.7. The van der Waals surface area contributed by atoms with Gasteiger partial charge in [-0.25, -0.2) is 4.98 Å². The summed E-state index contributed by atoms with van der Waals surface area (Å²) < 4.78 is 12.0. The molecule has 2 aromatic heterocycles. The zero-order valence-electron chi connectivity index (χ0n) is 26.8. The summed E-state index contributed by atoms with van der Waals surface area (Å²) in [5.41, 5.74) is 2.58. The Hall–Kier alpha value is -3.79. The molecule has 1 saturated carbocycles. The SMILES string of the molecule is CCC(=O)CCCCC[C@H](NC(=O)C1=NOC2(CCN(CC3CC3)CC2)C1)c1ncc(-c2cc3ccc(C)nc3cc2OC)o1. The average Bonchev–Trinajstić information content (AvgIpc) is 3.56. The lowest BCUT2D eigenvalue weighted by Gasteiger charge is -2.37. The number of ketones is 1. The predicted octanol–water partition coefficient (Wildman–Crippen LogP) is 6.31. The molecule has 1 spiro atoms. The van der Waals surface area contributed by atoms with Gasteiger partial charge in [-0.15, -0.1) is 0 Å². The lowest BCUT2D eigenvalue weighted by Crippen LogP contribution is -2.46. The number of ether oxygens (including phenoxy) is 1. The minimum absolute atomic E-state index is 0.247.